The summed E-state index contributed by atoms with van der Waals surface area (Å²) in [6, 6.07) is 19.9. The van der Waals surface area contributed by atoms with Crippen molar-refractivity contribution in [2.45, 2.75) is 6.18 Å². The normalized spacial score (nSPS) is 13.9. The molecule has 0 aromatic heterocycles. The molecule has 0 unspecified atom stereocenters. The van der Waals surface area contributed by atoms with Crippen molar-refractivity contribution in [3.05, 3.63) is 101 Å². The first kappa shape index (κ1) is 24.0. The van der Waals surface area contributed by atoms with Crippen LogP contribution in [0.1, 0.15) is 36.6 Å². The Labute approximate surface area is 200 Å². The van der Waals surface area contributed by atoms with E-state index in [4.69, 9.17) is 0 Å². The number of rotatable bonds is 4. The summed E-state index contributed by atoms with van der Waals surface area (Å²) in [7, 11) is 0. The number of hydrogen-bond donors (Lipinski definition) is 1. The van der Waals surface area contributed by atoms with Crippen LogP contribution in [-0.2, 0) is 6.18 Å². The fourth-order valence-electron chi connectivity index (χ4n) is 3.93. The molecule has 1 N–H and O–H groups in total. The SMILES string of the molecule is O=C(Nc1ccccc1C(=O)N1CCN(C(=O)c2ccccc2C(F)(F)F)CC1)c1ccccc1. The molecule has 1 saturated heterocycles. The molecule has 3 aromatic carbocycles. The molecule has 0 radical (unpaired) electrons. The second kappa shape index (κ2) is 10.0. The summed E-state index contributed by atoms with van der Waals surface area (Å²) in [5, 5.41) is 2.76. The Morgan fingerprint density at radius 1 is 0.657 bits per heavy atom. The second-order valence-electron chi connectivity index (χ2n) is 7.99. The zero-order chi connectivity index (χ0) is 25.0. The lowest BCUT2D eigenvalue weighted by Gasteiger charge is -2.35. The largest absolute Gasteiger partial charge is 0.417 e. The van der Waals surface area contributed by atoms with Crippen molar-refractivity contribution < 1.29 is 27.6 Å². The van der Waals surface area contributed by atoms with Crippen LogP contribution in [0.2, 0.25) is 0 Å². The summed E-state index contributed by atoms with van der Waals surface area (Å²) in [5.74, 6) is -1.41. The average molecular weight is 481 g/mol. The first-order valence-electron chi connectivity index (χ1n) is 11.0. The van der Waals surface area contributed by atoms with Gasteiger partial charge in [0, 0.05) is 31.7 Å². The number of nitrogens with one attached hydrogen (secondary N) is 1. The minimum Gasteiger partial charge on any atom is -0.335 e. The maximum Gasteiger partial charge on any atom is 0.417 e. The van der Waals surface area contributed by atoms with Crippen LogP contribution in [0.3, 0.4) is 0 Å². The molecule has 1 fully saturated rings. The predicted octanol–water partition coefficient (Wildman–Crippen LogP) is 4.56. The summed E-state index contributed by atoms with van der Waals surface area (Å²) < 4.78 is 39.9. The number of para-hydroxylation sites is 1. The Hall–Kier alpha value is -4.14. The number of carbonyl (C=O) groups is 3. The van der Waals surface area contributed by atoms with Gasteiger partial charge in [0.2, 0.25) is 0 Å². The number of alkyl halides is 3. The van der Waals surface area contributed by atoms with E-state index in [9.17, 15) is 27.6 Å². The highest BCUT2D eigenvalue weighted by molar-refractivity contribution is 6.09. The molecule has 180 valence electrons. The Kier molecular flexibility index (Phi) is 6.86. The maximum absolute atomic E-state index is 13.3. The minimum atomic E-state index is -4.64. The molecular formula is C26H22F3N3O3. The van der Waals surface area contributed by atoms with Gasteiger partial charge in [-0.15, -0.1) is 0 Å². The van der Waals surface area contributed by atoms with Crippen molar-refractivity contribution in [1.29, 1.82) is 0 Å². The van der Waals surface area contributed by atoms with E-state index >= 15 is 0 Å². The van der Waals surface area contributed by atoms with Crippen molar-refractivity contribution in [2.75, 3.05) is 31.5 Å². The standard InChI is InChI=1S/C26H22F3N3O3/c27-26(28,29)21-12-6-4-10-19(21)24(34)31-14-16-32(17-15-31)25(35)20-11-5-7-13-22(20)30-23(33)18-8-2-1-3-9-18/h1-13H,14-17H2,(H,30,33). The van der Waals surface area contributed by atoms with Crippen LogP contribution < -0.4 is 5.32 Å². The van der Waals surface area contributed by atoms with Crippen LogP contribution in [0.15, 0.2) is 78.9 Å². The molecule has 9 heteroatoms. The van der Waals surface area contributed by atoms with Crippen LogP contribution in [0.25, 0.3) is 0 Å². The Balaban J connectivity index is 1.44. The van der Waals surface area contributed by atoms with Gasteiger partial charge in [-0.2, -0.15) is 13.2 Å². The molecule has 35 heavy (non-hydrogen) atoms. The monoisotopic (exact) mass is 481 g/mol. The number of anilines is 1. The summed E-state index contributed by atoms with van der Waals surface area (Å²) in [4.78, 5) is 41.4. The van der Waals surface area contributed by atoms with Gasteiger partial charge in [0.25, 0.3) is 17.7 Å². The van der Waals surface area contributed by atoms with Crippen LogP contribution in [-0.4, -0.2) is 53.7 Å². The highest BCUT2D eigenvalue weighted by Gasteiger charge is 2.36. The molecule has 6 nitrogen and oxygen atoms in total. The van der Waals surface area contributed by atoms with Gasteiger partial charge in [0.15, 0.2) is 0 Å². The van der Waals surface area contributed by atoms with E-state index in [0.29, 0.717) is 16.8 Å². The van der Waals surface area contributed by atoms with Crippen molar-refractivity contribution in [1.82, 2.24) is 9.80 Å². The highest BCUT2D eigenvalue weighted by Crippen LogP contribution is 2.32. The molecule has 1 heterocycles. The quantitative estimate of drug-likeness (QED) is 0.594. The van der Waals surface area contributed by atoms with Gasteiger partial charge in [-0.1, -0.05) is 42.5 Å². The van der Waals surface area contributed by atoms with Crippen molar-refractivity contribution in [3.8, 4) is 0 Å². The average Bonchev–Trinajstić information content (AvgIpc) is 2.88. The fraction of sp³-hybridized carbons (Fsp3) is 0.192. The molecule has 3 amide bonds. The van der Waals surface area contributed by atoms with E-state index in [2.05, 4.69) is 5.32 Å². The molecule has 0 bridgehead atoms. The Morgan fingerprint density at radius 3 is 1.74 bits per heavy atom. The van der Waals surface area contributed by atoms with E-state index in [1.165, 1.54) is 21.9 Å². The number of amides is 3. The zero-order valence-corrected chi connectivity index (χ0v) is 18.6. The summed E-state index contributed by atoms with van der Waals surface area (Å²) in [6.07, 6.45) is -4.64. The smallest absolute Gasteiger partial charge is 0.335 e. The van der Waals surface area contributed by atoms with Crippen LogP contribution >= 0.6 is 0 Å². The van der Waals surface area contributed by atoms with E-state index in [-0.39, 0.29) is 38.0 Å². The molecule has 0 atom stereocenters. The molecule has 1 aliphatic rings. The second-order valence-corrected chi connectivity index (χ2v) is 7.99. The number of halogens is 3. The molecular weight excluding hydrogens is 459 g/mol. The number of piperazine rings is 1. The Bertz CT molecular complexity index is 1240. The number of benzene rings is 3. The molecule has 0 aliphatic carbocycles. The van der Waals surface area contributed by atoms with Gasteiger partial charge in [-0.05, 0) is 36.4 Å². The van der Waals surface area contributed by atoms with Gasteiger partial charge < -0.3 is 15.1 Å². The summed E-state index contributed by atoms with van der Waals surface area (Å²) in [6.45, 7) is 0.490. The topological polar surface area (TPSA) is 69.7 Å². The van der Waals surface area contributed by atoms with E-state index in [1.54, 1.807) is 54.6 Å². The number of carbonyl (C=O) groups excluding carboxylic acids is 3. The lowest BCUT2D eigenvalue weighted by atomic mass is 10.1. The van der Waals surface area contributed by atoms with E-state index in [0.717, 1.165) is 12.1 Å². The van der Waals surface area contributed by atoms with Crippen molar-refractivity contribution in [3.63, 3.8) is 0 Å². The zero-order valence-electron chi connectivity index (χ0n) is 18.6. The minimum absolute atomic E-state index is 0.0926. The van der Waals surface area contributed by atoms with Crippen LogP contribution in [0, 0.1) is 0 Å². The molecule has 3 aromatic rings. The Morgan fingerprint density at radius 2 is 1.14 bits per heavy atom. The third-order valence-electron chi connectivity index (χ3n) is 5.76. The third kappa shape index (κ3) is 5.34. The van der Waals surface area contributed by atoms with Gasteiger partial charge in [0.1, 0.15) is 0 Å². The van der Waals surface area contributed by atoms with Gasteiger partial charge >= 0.3 is 6.18 Å². The molecule has 4 rings (SSSR count). The predicted molar refractivity (Wildman–Crippen MR) is 124 cm³/mol. The first-order chi connectivity index (χ1) is 16.8. The third-order valence-corrected chi connectivity index (χ3v) is 5.76. The van der Waals surface area contributed by atoms with Crippen molar-refractivity contribution >= 4 is 23.4 Å². The highest BCUT2D eigenvalue weighted by atomic mass is 19.4. The number of hydrogen-bond acceptors (Lipinski definition) is 3. The fourth-order valence-corrected chi connectivity index (χ4v) is 3.93. The van der Waals surface area contributed by atoms with Gasteiger partial charge in [-0.25, -0.2) is 0 Å². The lowest BCUT2D eigenvalue weighted by Crippen LogP contribution is -2.51. The van der Waals surface area contributed by atoms with Gasteiger partial charge in [0.05, 0.1) is 22.4 Å². The molecule has 0 spiro atoms. The van der Waals surface area contributed by atoms with E-state index in [1.807, 2.05) is 0 Å². The maximum atomic E-state index is 13.3. The summed E-state index contributed by atoms with van der Waals surface area (Å²) >= 11 is 0. The number of nitrogens with zero attached hydrogens (tertiary/aromatic N) is 2. The van der Waals surface area contributed by atoms with E-state index < -0.39 is 23.2 Å². The summed E-state index contributed by atoms with van der Waals surface area (Å²) in [5.41, 5.74) is -0.302. The molecule has 0 saturated carbocycles. The van der Waals surface area contributed by atoms with Crippen LogP contribution in [0.4, 0.5) is 18.9 Å². The molecule has 1 aliphatic heterocycles. The first-order valence-corrected chi connectivity index (χ1v) is 11.0. The van der Waals surface area contributed by atoms with Crippen molar-refractivity contribution in [2.24, 2.45) is 0 Å². The van der Waals surface area contributed by atoms with Gasteiger partial charge in [-0.3, -0.25) is 14.4 Å². The van der Waals surface area contributed by atoms with Crippen LogP contribution in [0.5, 0.6) is 0 Å². The lowest BCUT2D eigenvalue weighted by molar-refractivity contribution is -0.138.